The van der Waals surface area contributed by atoms with E-state index < -0.39 is 0 Å². The summed E-state index contributed by atoms with van der Waals surface area (Å²) in [5, 5.41) is 0. The number of likely N-dealkylation sites (tertiary alicyclic amines) is 1. The fourth-order valence-corrected chi connectivity index (χ4v) is 4.66. The summed E-state index contributed by atoms with van der Waals surface area (Å²) in [5.41, 5.74) is 1.87. The molecule has 2 saturated heterocycles. The van der Waals surface area contributed by atoms with Crippen molar-refractivity contribution in [3.8, 4) is 0 Å². The van der Waals surface area contributed by atoms with Crippen molar-refractivity contribution in [1.82, 2.24) is 14.8 Å². The summed E-state index contributed by atoms with van der Waals surface area (Å²) in [6.45, 7) is 6.73. The van der Waals surface area contributed by atoms with Crippen molar-refractivity contribution >= 4 is 17.6 Å². The number of nitrogens with zero attached hydrogens (tertiary/aromatic N) is 4. The smallest absolute Gasteiger partial charge is 0.253 e. The largest absolute Gasteiger partial charge is 0.353 e. The fraction of sp³-hybridized carbons (Fsp3) is 0.480. The molecule has 31 heavy (non-hydrogen) atoms. The Morgan fingerprint density at radius 2 is 1.84 bits per heavy atom. The Bertz CT molecular complexity index is 893. The number of piperazine rings is 1. The second-order valence-electron chi connectivity index (χ2n) is 8.72. The van der Waals surface area contributed by atoms with Gasteiger partial charge in [0, 0.05) is 57.4 Å². The molecule has 1 atom stereocenters. The van der Waals surface area contributed by atoms with Gasteiger partial charge in [0.2, 0.25) is 5.91 Å². The highest BCUT2D eigenvalue weighted by Crippen LogP contribution is 2.23. The summed E-state index contributed by atoms with van der Waals surface area (Å²) in [6.07, 6.45) is 5.35. The van der Waals surface area contributed by atoms with Crippen LogP contribution in [0.25, 0.3) is 0 Å². The SMILES string of the molecule is Cc1cccc(C(=O)N2CCC[C@H](CCC(=O)N3CCN(c4ccccn4)CC3)C2)c1. The highest BCUT2D eigenvalue weighted by atomic mass is 16.2. The second-order valence-corrected chi connectivity index (χ2v) is 8.72. The van der Waals surface area contributed by atoms with E-state index >= 15 is 0 Å². The average Bonchev–Trinajstić information content (AvgIpc) is 2.83. The topological polar surface area (TPSA) is 56.8 Å². The third-order valence-electron chi connectivity index (χ3n) is 6.44. The van der Waals surface area contributed by atoms with Crippen molar-refractivity contribution in [2.24, 2.45) is 5.92 Å². The highest BCUT2D eigenvalue weighted by molar-refractivity contribution is 5.94. The van der Waals surface area contributed by atoms with E-state index in [-0.39, 0.29) is 11.8 Å². The van der Waals surface area contributed by atoms with Gasteiger partial charge in [-0.1, -0.05) is 23.8 Å². The molecule has 2 fully saturated rings. The summed E-state index contributed by atoms with van der Waals surface area (Å²) < 4.78 is 0. The zero-order chi connectivity index (χ0) is 21.6. The van der Waals surface area contributed by atoms with E-state index in [1.54, 1.807) is 0 Å². The van der Waals surface area contributed by atoms with Gasteiger partial charge in [-0.15, -0.1) is 0 Å². The number of carbonyl (C=O) groups excluding carboxylic acids is 2. The third kappa shape index (κ3) is 5.43. The number of hydrogen-bond donors (Lipinski definition) is 0. The number of aromatic nitrogens is 1. The number of anilines is 1. The highest BCUT2D eigenvalue weighted by Gasteiger charge is 2.27. The monoisotopic (exact) mass is 420 g/mol. The molecule has 1 aromatic carbocycles. The quantitative estimate of drug-likeness (QED) is 0.744. The van der Waals surface area contributed by atoms with E-state index in [9.17, 15) is 9.59 Å². The van der Waals surface area contributed by atoms with Crippen molar-refractivity contribution in [2.45, 2.75) is 32.6 Å². The predicted octanol–water partition coefficient (Wildman–Crippen LogP) is 3.37. The minimum Gasteiger partial charge on any atom is -0.353 e. The van der Waals surface area contributed by atoms with E-state index in [1.165, 1.54) is 0 Å². The van der Waals surface area contributed by atoms with Crippen LogP contribution in [-0.4, -0.2) is 65.9 Å². The van der Waals surface area contributed by atoms with Crippen molar-refractivity contribution in [1.29, 1.82) is 0 Å². The number of hydrogen-bond acceptors (Lipinski definition) is 4. The molecule has 0 spiro atoms. The first kappa shape index (κ1) is 21.3. The van der Waals surface area contributed by atoms with Crippen LogP contribution in [0.4, 0.5) is 5.82 Å². The Hall–Kier alpha value is -2.89. The van der Waals surface area contributed by atoms with Crippen LogP contribution in [0.5, 0.6) is 0 Å². The van der Waals surface area contributed by atoms with Gasteiger partial charge in [-0.2, -0.15) is 0 Å². The van der Waals surface area contributed by atoms with Crippen LogP contribution in [0, 0.1) is 12.8 Å². The number of aryl methyl sites for hydroxylation is 1. The van der Waals surface area contributed by atoms with Gasteiger partial charge < -0.3 is 14.7 Å². The molecule has 6 heteroatoms. The predicted molar refractivity (Wildman–Crippen MR) is 122 cm³/mol. The van der Waals surface area contributed by atoms with Gasteiger partial charge in [0.1, 0.15) is 5.82 Å². The Kier molecular flexibility index (Phi) is 6.85. The fourth-order valence-electron chi connectivity index (χ4n) is 4.66. The van der Waals surface area contributed by atoms with Gasteiger partial charge in [-0.25, -0.2) is 4.98 Å². The number of rotatable bonds is 5. The van der Waals surface area contributed by atoms with Gasteiger partial charge in [0.15, 0.2) is 0 Å². The summed E-state index contributed by atoms with van der Waals surface area (Å²) in [7, 11) is 0. The number of carbonyl (C=O) groups is 2. The molecule has 0 bridgehead atoms. The Balaban J connectivity index is 1.23. The van der Waals surface area contributed by atoms with Crippen LogP contribution in [0.3, 0.4) is 0 Å². The van der Waals surface area contributed by atoms with Gasteiger partial charge >= 0.3 is 0 Å². The van der Waals surface area contributed by atoms with E-state index in [4.69, 9.17) is 0 Å². The molecule has 0 unspecified atom stereocenters. The first-order valence-electron chi connectivity index (χ1n) is 11.4. The number of piperidine rings is 1. The zero-order valence-corrected chi connectivity index (χ0v) is 18.4. The molecule has 0 radical (unpaired) electrons. The van der Waals surface area contributed by atoms with E-state index in [0.29, 0.717) is 12.3 Å². The van der Waals surface area contributed by atoms with Gasteiger partial charge in [-0.3, -0.25) is 9.59 Å². The van der Waals surface area contributed by atoms with Crippen LogP contribution in [0.1, 0.15) is 41.6 Å². The normalized spacial score (nSPS) is 19.4. The Morgan fingerprint density at radius 1 is 1.00 bits per heavy atom. The van der Waals surface area contributed by atoms with Crippen LogP contribution < -0.4 is 4.90 Å². The maximum Gasteiger partial charge on any atom is 0.253 e. The summed E-state index contributed by atoms with van der Waals surface area (Å²) in [4.78, 5) is 36.2. The molecule has 0 N–H and O–H groups in total. The molecule has 0 aliphatic carbocycles. The van der Waals surface area contributed by atoms with Crippen molar-refractivity contribution in [3.05, 3.63) is 59.8 Å². The van der Waals surface area contributed by atoms with Crippen molar-refractivity contribution in [3.63, 3.8) is 0 Å². The van der Waals surface area contributed by atoms with Crippen LogP contribution in [-0.2, 0) is 4.79 Å². The molecule has 2 aliphatic rings. The second kappa shape index (κ2) is 9.94. The maximum atomic E-state index is 12.9. The first-order valence-corrected chi connectivity index (χ1v) is 11.4. The minimum absolute atomic E-state index is 0.116. The third-order valence-corrected chi connectivity index (χ3v) is 6.44. The molecular formula is C25H32N4O2. The number of amides is 2. The minimum atomic E-state index is 0.116. The first-order chi connectivity index (χ1) is 15.1. The van der Waals surface area contributed by atoms with E-state index in [2.05, 4.69) is 9.88 Å². The summed E-state index contributed by atoms with van der Waals surface area (Å²) in [5.74, 6) is 1.74. The lowest BCUT2D eigenvalue weighted by Gasteiger charge is -2.36. The lowest BCUT2D eigenvalue weighted by Crippen LogP contribution is -2.49. The number of pyridine rings is 1. The van der Waals surface area contributed by atoms with E-state index in [0.717, 1.165) is 75.5 Å². The molecule has 3 heterocycles. The Labute approximate surface area is 184 Å². The molecule has 2 aliphatic heterocycles. The van der Waals surface area contributed by atoms with Gasteiger partial charge in [-0.05, 0) is 56.4 Å². The lowest BCUT2D eigenvalue weighted by atomic mass is 9.92. The van der Waals surface area contributed by atoms with Crippen molar-refractivity contribution < 1.29 is 9.59 Å². The van der Waals surface area contributed by atoms with Crippen LogP contribution >= 0.6 is 0 Å². The van der Waals surface area contributed by atoms with Crippen molar-refractivity contribution in [2.75, 3.05) is 44.2 Å². The molecule has 1 aromatic heterocycles. The lowest BCUT2D eigenvalue weighted by molar-refractivity contribution is -0.131. The molecule has 0 saturated carbocycles. The molecule has 2 aromatic rings. The van der Waals surface area contributed by atoms with Gasteiger partial charge in [0.25, 0.3) is 5.91 Å². The molecule has 164 valence electrons. The summed E-state index contributed by atoms with van der Waals surface area (Å²) in [6, 6.07) is 13.7. The van der Waals surface area contributed by atoms with Gasteiger partial charge in [0.05, 0.1) is 0 Å². The van der Waals surface area contributed by atoms with Crippen LogP contribution in [0.2, 0.25) is 0 Å². The molecule has 6 nitrogen and oxygen atoms in total. The number of benzene rings is 1. The molecule has 4 rings (SSSR count). The Morgan fingerprint density at radius 3 is 2.58 bits per heavy atom. The maximum absolute atomic E-state index is 12.9. The molecular weight excluding hydrogens is 388 g/mol. The zero-order valence-electron chi connectivity index (χ0n) is 18.4. The van der Waals surface area contributed by atoms with Crippen LogP contribution in [0.15, 0.2) is 48.7 Å². The summed E-state index contributed by atoms with van der Waals surface area (Å²) >= 11 is 0. The standard InChI is InChI=1S/C25H32N4O2/c1-20-6-4-8-22(18-20)25(31)29-13-5-7-21(19-29)10-11-24(30)28-16-14-27(15-17-28)23-9-2-3-12-26-23/h2-4,6,8-9,12,18,21H,5,7,10-11,13-17,19H2,1H3/t21-/m1/s1. The molecule has 2 amide bonds. The van der Waals surface area contributed by atoms with E-state index in [1.807, 2.05) is 65.4 Å². The average molecular weight is 421 g/mol.